The van der Waals surface area contributed by atoms with Gasteiger partial charge < -0.3 is 10.1 Å². The van der Waals surface area contributed by atoms with Crippen LogP contribution in [0.5, 0.6) is 0 Å². The standard InChI is InChI=1S/C17H24N4O/c1-13(2)21-19-16(12-18-11-15-9-6-10-22-15)17(20-21)14-7-4-3-5-8-14/h3-5,7-8,13,15,18H,6,9-12H2,1-2H3/t15-/m0/s1. The molecule has 0 bridgehead atoms. The van der Waals surface area contributed by atoms with Crippen LogP contribution in [0.25, 0.3) is 11.3 Å². The average molecular weight is 300 g/mol. The molecule has 22 heavy (non-hydrogen) atoms. The van der Waals surface area contributed by atoms with E-state index in [9.17, 15) is 0 Å². The summed E-state index contributed by atoms with van der Waals surface area (Å²) in [6.07, 6.45) is 2.67. The number of nitrogens with zero attached hydrogens (tertiary/aromatic N) is 3. The van der Waals surface area contributed by atoms with E-state index < -0.39 is 0 Å². The molecular formula is C17H24N4O. The lowest BCUT2D eigenvalue weighted by molar-refractivity contribution is 0.110. The normalized spacial score (nSPS) is 18.2. The van der Waals surface area contributed by atoms with Crippen LogP contribution in [0.2, 0.25) is 0 Å². The van der Waals surface area contributed by atoms with Gasteiger partial charge in [0.15, 0.2) is 0 Å². The number of nitrogens with one attached hydrogen (secondary N) is 1. The molecule has 1 fully saturated rings. The van der Waals surface area contributed by atoms with E-state index in [1.807, 2.05) is 18.2 Å². The van der Waals surface area contributed by atoms with Crippen molar-refractivity contribution >= 4 is 0 Å². The minimum atomic E-state index is 0.259. The first-order valence-corrected chi connectivity index (χ1v) is 8.07. The number of hydrogen-bond donors (Lipinski definition) is 1. The van der Waals surface area contributed by atoms with Gasteiger partial charge in [0.05, 0.1) is 12.1 Å². The quantitative estimate of drug-likeness (QED) is 0.891. The van der Waals surface area contributed by atoms with E-state index >= 15 is 0 Å². The van der Waals surface area contributed by atoms with Gasteiger partial charge in [-0.05, 0) is 26.7 Å². The molecule has 2 aromatic rings. The molecule has 0 spiro atoms. The largest absolute Gasteiger partial charge is 0.377 e. The summed E-state index contributed by atoms with van der Waals surface area (Å²) in [5.74, 6) is 0. The minimum absolute atomic E-state index is 0.259. The lowest BCUT2D eigenvalue weighted by atomic mass is 10.1. The predicted octanol–water partition coefficient (Wildman–Crippen LogP) is 2.79. The summed E-state index contributed by atoms with van der Waals surface area (Å²) >= 11 is 0. The van der Waals surface area contributed by atoms with E-state index in [0.29, 0.717) is 6.10 Å². The van der Waals surface area contributed by atoms with Crippen LogP contribution in [0.1, 0.15) is 38.4 Å². The van der Waals surface area contributed by atoms with Crippen molar-refractivity contribution in [2.75, 3.05) is 13.2 Å². The van der Waals surface area contributed by atoms with Crippen LogP contribution in [0.15, 0.2) is 30.3 Å². The maximum absolute atomic E-state index is 5.65. The van der Waals surface area contributed by atoms with E-state index in [0.717, 1.165) is 43.1 Å². The van der Waals surface area contributed by atoms with E-state index in [-0.39, 0.29) is 6.04 Å². The smallest absolute Gasteiger partial charge is 0.117 e. The zero-order valence-electron chi connectivity index (χ0n) is 13.3. The van der Waals surface area contributed by atoms with Crippen molar-refractivity contribution in [3.63, 3.8) is 0 Å². The Morgan fingerprint density at radius 1 is 1.27 bits per heavy atom. The number of ether oxygens (including phenoxy) is 1. The van der Waals surface area contributed by atoms with Gasteiger partial charge in [-0.25, -0.2) is 0 Å². The fraction of sp³-hybridized carbons (Fsp3) is 0.529. The molecule has 0 amide bonds. The molecule has 0 radical (unpaired) electrons. The van der Waals surface area contributed by atoms with Crippen LogP contribution in [0, 0.1) is 0 Å². The van der Waals surface area contributed by atoms with Crippen LogP contribution in [0.3, 0.4) is 0 Å². The van der Waals surface area contributed by atoms with Crippen molar-refractivity contribution in [1.29, 1.82) is 0 Å². The molecule has 0 unspecified atom stereocenters. The molecule has 0 aliphatic carbocycles. The summed E-state index contributed by atoms with van der Waals surface area (Å²) in [7, 11) is 0. The summed E-state index contributed by atoms with van der Waals surface area (Å²) in [5, 5.41) is 12.8. The predicted molar refractivity (Wildman–Crippen MR) is 86.5 cm³/mol. The maximum atomic E-state index is 5.65. The topological polar surface area (TPSA) is 52.0 Å². The van der Waals surface area contributed by atoms with Gasteiger partial charge in [0, 0.05) is 25.3 Å². The van der Waals surface area contributed by atoms with Gasteiger partial charge in [-0.2, -0.15) is 15.0 Å². The molecule has 1 aromatic heterocycles. The third-order valence-corrected chi connectivity index (χ3v) is 3.90. The number of aromatic nitrogens is 3. The molecule has 118 valence electrons. The van der Waals surface area contributed by atoms with Crippen LogP contribution >= 0.6 is 0 Å². The maximum Gasteiger partial charge on any atom is 0.117 e. The highest BCUT2D eigenvalue weighted by Gasteiger charge is 2.17. The fourth-order valence-electron chi connectivity index (χ4n) is 2.68. The highest BCUT2D eigenvalue weighted by Crippen LogP contribution is 2.21. The summed E-state index contributed by atoms with van der Waals surface area (Å²) in [6.45, 7) is 6.68. The second-order valence-corrected chi connectivity index (χ2v) is 6.04. The Bertz CT molecular complexity index is 588. The molecule has 1 N–H and O–H groups in total. The highest BCUT2D eigenvalue weighted by molar-refractivity contribution is 5.60. The van der Waals surface area contributed by atoms with E-state index in [1.165, 1.54) is 6.42 Å². The van der Waals surface area contributed by atoms with Crippen molar-refractivity contribution in [2.24, 2.45) is 0 Å². The summed E-state index contributed by atoms with van der Waals surface area (Å²) in [4.78, 5) is 1.80. The van der Waals surface area contributed by atoms with Crippen molar-refractivity contribution in [3.8, 4) is 11.3 Å². The van der Waals surface area contributed by atoms with Crippen LogP contribution in [-0.4, -0.2) is 34.2 Å². The number of hydrogen-bond acceptors (Lipinski definition) is 4. The van der Waals surface area contributed by atoms with Crippen molar-refractivity contribution in [2.45, 2.75) is 45.4 Å². The molecule has 5 nitrogen and oxygen atoms in total. The van der Waals surface area contributed by atoms with Gasteiger partial charge in [0.25, 0.3) is 0 Å². The van der Waals surface area contributed by atoms with Gasteiger partial charge >= 0.3 is 0 Å². The van der Waals surface area contributed by atoms with Gasteiger partial charge in [-0.3, -0.25) is 0 Å². The van der Waals surface area contributed by atoms with Crippen molar-refractivity contribution in [1.82, 2.24) is 20.3 Å². The molecular weight excluding hydrogens is 276 g/mol. The SMILES string of the molecule is CC(C)n1nc(CNC[C@@H]2CCCO2)c(-c2ccccc2)n1. The third kappa shape index (κ3) is 3.54. The van der Waals surface area contributed by atoms with E-state index in [4.69, 9.17) is 4.74 Å². The fourth-order valence-corrected chi connectivity index (χ4v) is 2.68. The molecule has 1 saturated heterocycles. The second-order valence-electron chi connectivity index (χ2n) is 6.04. The lowest BCUT2D eigenvalue weighted by Gasteiger charge is -2.10. The Morgan fingerprint density at radius 3 is 2.77 bits per heavy atom. The molecule has 5 heteroatoms. The molecule has 1 aliphatic rings. The molecule has 1 atom stereocenters. The van der Waals surface area contributed by atoms with Gasteiger partial charge in [-0.1, -0.05) is 30.3 Å². The van der Waals surface area contributed by atoms with Crippen molar-refractivity contribution < 1.29 is 4.74 Å². The first-order valence-electron chi connectivity index (χ1n) is 8.07. The van der Waals surface area contributed by atoms with Crippen LogP contribution in [0.4, 0.5) is 0 Å². The van der Waals surface area contributed by atoms with Crippen LogP contribution in [-0.2, 0) is 11.3 Å². The average Bonchev–Trinajstić information content (AvgIpc) is 3.18. The molecule has 1 aromatic carbocycles. The van der Waals surface area contributed by atoms with E-state index in [2.05, 4.69) is 41.5 Å². The molecule has 3 rings (SSSR count). The lowest BCUT2D eigenvalue weighted by Crippen LogP contribution is -2.26. The van der Waals surface area contributed by atoms with Gasteiger partial charge in [-0.15, -0.1) is 0 Å². The van der Waals surface area contributed by atoms with Crippen molar-refractivity contribution in [3.05, 3.63) is 36.0 Å². The zero-order valence-corrected chi connectivity index (χ0v) is 13.3. The zero-order chi connectivity index (χ0) is 15.4. The first kappa shape index (κ1) is 15.2. The monoisotopic (exact) mass is 300 g/mol. The third-order valence-electron chi connectivity index (χ3n) is 3.90. The second kappa shape index (κ2) is 7.03. The molecule has 1 aliphatic heterocycles. The summed E-state index contributed by atoms with van der Waals surface area (Å²) in [6, 6.07) is 10.5. The molecule has 0 saturated carbocycles. The molecule has 2 heterocycles. The Balaban J connectivity index is 1.73. The first-order chi connectivity index (χ1) is 10.7. The Kier molecular flexibility index (Phi) is 4.85. The Hall–Kier alpha value is -1.72. The minimum Gasteiger partial charge on any atom is -0.377 e. The van der Waals surface area contributed by atoms with Crippen LogP contribution < -0.4 is 5.32 Å². The summed E-state index contributed by atoms with van der Waals surface area (Å²) in [5.41, 5.74) is 3.08. The van der Waals surface area contributed by atoms with E-state index in [1.54, 1.807) is 4.80 Å². The van der Waals surface area contributed by atoms with Gasteiger partial charge in [0.2, 0.25) is 0 Å². The highest BCUT2D eigenvalue weighted by atomic mass is 16.5. The van der Waals surface area contributed by atoms with Gasteiger partial charge in [0.1, 0.15) is 11.4 Å². The number of rotatable bonds is 6. The summed E-state index contributed by atoms with van der Waals surface area (Å²) < 4.78 is 5.65. The Morgan fingerprint density at radius 2 is 2.09 bits per heavy atom. The number of benzene rings is 1. The Labute approximate surface area is 131 Å².